The molecule has 2 aliphatic rings. The molecule has 0 unspecified atom stereocenters. The molecule has 1 aromatic heterocycles. The van der Waals surface area contributed by atoms with E-state index in [9.17, 15) is 14.4 Å². The second kappa shape index (κ2) is 8.33. The molecule has 2 fully saturated rings. The molecular formula is C18H27N5O3. The van der Waals surface area contributed by atoms with Crippen LogP contribution in [0, 0.1) is 5.92 Å². The third-order valence-electron chi connectivity index (χ3n) is 5.12. The predicted octanol–water partition coefficient (Wildman–Crippen LogP) is 0.287. The van der Waals surface area contributed by atoms with E-state index in [2.05, 4.69) is 10.4 Å². The van der Waals surface area contributed by atoms with Crippen LogP contribution in [0.4, 0.5) is 0 Å². The van der Waals surface area contributed by atoms with Crippen molar-refractivity contribution in [1.82, 2.24) is 24.9 Å². The summed E-state index contributed by atoms with van der Waals surface area (Å²) in [6.45, 7) is 3.04. The number of aryl methyl sites for hydroxylation is 1. The molecule has 3 heterocycles. The summed E-state index contributed by atoms with van der Waals surface area (Å²) in [6.07, 6.45) is 6.95. The fraction of sp³-hybridized carbons (Fsp3) is 0.667. The van der Waals surface area contributed by atoms with Crippen LogP contribution in [0.15, 0.2) is 12.4 Å². The van der Waals surface area contributed by atoms with Crippen molar-refractivity contribution in [2.75, 3.05) is 26.2 Å². The quantitative estimate of drug-likeness (QED) is 0.756. The Hall–Kier alpha value is -2.38. The van der Waals surface area contributed by atoms with Crippen molar-refractivity contribution in [3.63, 3.8) is 0 Å². The van der Waals surface area contributed by atoms with Gasteiger partial charge in [0, 0.05) is 64.4 Å². The first kappa shape index (κ1) is 18.4. The van der Waals surface area contributed by atoms with Crippen LogP contribution in [0.25, 0.3) is 0 Å². The summed E-state index contributed by atoms with van der Waals surface area (Å²) in [5, 5.41) is 7.03. The number of carbonyl (C=O) groups is 3. The zero-order valence-corrected chi connectivity index (χ0v) is 15.3. The molecule has 2 aliphatic heterocycles. The first-order chi connectivity index (χ1) is 12.5. The van der Waals surface area contributed by atoms with Crippen LogP contribution < -0.4 is 5.32 Å². The highest BCUT2D eigenvalue weighted by atomic mass is 16.2. The second-order valence-corrected chi connectivity index (χ2v) is 7.15. The number of hydrogen-bond acceptors (Lipinski definition) is 4. The monoisotopic (exact) mass is 361 g/mol. The van der Waals surface area contributed by atoms with Crippen LogP contribution >= 0.6 is 0 Å². The highest BCUT2D eigenvalue weighted by Crippen LogP contribution is 2.19. The number of rotatable bonds is 7. The molecule has 0 radical (unpaired) electrons. The Morgan fingerprint density at radius 2 is 2.00 bits per heavy atom. The van der Waals surface area contributed by atoms with E-state index in [1.165, 1.54) is 0 Å². The van der Waals surface area contributed by atoms with Gasteiger partial charge >= 0.3 is 0 Å². The average Bonchev–Trinajstić information content (AvgIpc) is 3.22. The Morgan fingerprint density at radius 3 is 2.69 bits per heavy atom. The predicted molar refractivity (Wildman–Crippen MR) is 94.8 cm³/mol. The molecule has 3 amide bonds. The van der Waals surface area contributed by atoms with Crippen LogP contribution in [0.3, 0.4) is 0 Å². The lowest BCUT2D eigenvalue weighted by Crippen LogP contribution is -2.46. The van der Waals surface area contributed by atoms with Gasteiger partial charge in [-0.3, -0.25) is 19.1 Å². The zero-order chi connectivity index (χ0) is 18.5. The molecule has 8 heteroatoms. The molecule has 26 heavy (non-hydrogen) atoms. The number of piperidine rings is 1. The molecule has 0 aromatic carbocycles. The summed E-state index contributed by atoms with van der Waals surface area (Å²) >= 11 is 0. The van der Waals surface area contributed by atoms with E-state index >= 15 is 0 Å². The third-order valence-corrected chi connectivity index (χ3v) is 5.12. The van der Waals surface area contributed by atoms with Gasteiger partial charge in [0.15, 0.2) is 0 Å². The minimum Gasteiger partial charge on any atom is -0.352 e. The molecule has 1 atom stereocenters. The number of likely N-dealkylation sites (tertiary alicyclic amines) is 2. The smallest absolute Gasteiger partial charge is 0.225 e. The van der Waals surface area contributed by atoms with Crippen molar-refractivity contribution < 1.29 is 14.4 Å². The summed E-state index contributed by atoms with van der Waals surface area (Å²) in [4.78, 5) is 39.8. The van der Waals surface area contributed by atoms with Gasteiger partial charge in [0.2, 0.25) is 17.7 Å². The van der Waals surface area contributed by atoms with E-state index in [4.69, 9.17) is 0 Å². The molecule has 0 bridgehead atoms. The number of nitrogens with zero attached hydrogens (tertiary/aromatic N) is 4. The average molecular weight is 361 g/mol. The molecule has 0 saturated carbocycles. The number of aromatic nitrogens is 2. The van der Waals surface area contributed by atoms with Crippen LogP contribution in [0.1, 0.15) is 37.7 Å². The lowest BCUT2D eigenvalue weighted by Gasteiger charge is -2.32. The van der Waals surface area contributed by atoms with E-state index in [1.807, 2.05) is 18.1 Å². The number of nitrogens with one attached hydrogen (secondary N) is 1. The molecular weight excluding hydrogens is 334 g/mol. The first-order valence-corrected chi connectivity index (χ1v) is 9.33. The largest absolute Gasteiger partial charge is 0.352 e. The summed E-state index contributed by atoms with van der Waals surface area (Å²) in [5.74, 6) is 0.135. The van der Waals surface area contributed by atoms with E-state index in [0.29, 0.717) is 45.4 Å². The normalized spacial score (nSPS) is 20.7. The van der Waals surface area contributed by atoms with Crippen molar-refractivity contribution in [3.8, 4) is 0 Å². The number of hydrogen-bond donors (Lipinski definition) is 1. The van der Waals surface area contributed by atoms with Gasteiger partial charge in [0.25, 0.3) is 0 Å². The fourth-order valence-electron chi connectivity index (χ4n) is 3.63. The van der Waals surface area contributed by atoms with Gasteiger partial charge in [-0.05, 0) is 19.3 Å². The third kappa shape index (κ3) is 4.62. The Labute approximate surface area is 153 Å². The van der Waals surface area contributed by atoms with Crippen molar-refractivity contribution in [1.29, 1.82) is 0 Å². The molecule has 2 saturated heterocycles. The van der Waals surface area contributed by atoms with Crippen molar-refractivity contribution in [2.45, 2.75) is 38.6 Å². The van der Waals surface area contributed by atoms with Gasteiger partial charge in [0.05, 0.1) is 12.1 Å². The van der Waals surface area contributed by atoms with E-state index in [-0.39, 0.29) is 23.6 Å². The number of amides is 3. The standard InChI is InChI=1S/C18H27N5O3/c1-21-12-14(11-20-21)10-19-18(26)15-5-6-17(25)23(13-15)9-3-8-22-7-2-4-16(22)24/h11-12,15H,2-10,13H2,1H3,(H,19,26)/t15-/m0/s1. The topological polar surface area (TPSA) is 87.5 Å². The fourth-order valence-corrected chi connectivity index (χ4v) is 3.63. The van der Waals surface area contributed by atoms with Gasteiger partial charge in [-0.2, -0.15) is 5.10 Å². The Bertz CT molecular complexity index is 672. The van der Waals surface area contributed by atoms with Crippen LogP contribution in [0.5, 0.6) is 0 Å². The zero-order valence-electron chi connectivity index (χ0n) is 15.3. The van der Waals surface area contributed by atoms with E-state index in [0.717, 1.165) is 24.9 Å². The molecule has 0 aliphatic carbocycles. The minimum absolute atomic E-state index is 0.0129. The van der Waals surface area contributed by atoms with Crippen LogP contribution in [0.2, 0.25) is 0 Å². The molecule has 142 valence electrons. The lowest BCUT2D eigenvalue weighted by molar-refractivity contribution is -0.138. The molecule has 0 spiro atoms. The van der Waals surface area contributed by atoms with E-state index in [1.54, 1.807) is 15.8 Å². The Morgan fingerprint density at radius 1 is 1.23 bits per heavy atom. The first-order valence-electron chi connectivity index (χ1n) is 9.33. The van der Waals surface area contributed by atoms with Gasteiger partial charge in [-0.15, -0.1) is 0 Å². The van der Waals surface area contributed by atoms with Crippen LogP contribution in [-0.4, -0.2) is 63.5 Å². The Kier molecular flexibility index (Phi) is 5.90. The minimum atomic E-state index is -0.169. The van der Waals surface area contributed by atoms with Crippen molar-refractivity contribution in [3.05, 3.63) is 18.0 Å². The van der Waals surface area contributed by atoms with Gasteiger partial charge in [-0.25, -0.2) is 0 Å². The summed E-state index contributed by atoms with van der Waals surface area (Å²) < 4.78 is 1.70. The van der Waals surface area contributed by atoms with E-state index < -0.39 is 0 Å². The van der Waals surface area contributed by atoms with Gasteiger partial charge in [-0.1, -0.05) is 0 Å². The highest BCUT2D eigenvalue weighted by Gasteiger charge is 2.30. The maximum absolute atomic E-state index is 12.4. The Balaban J connectivity index is 1.43. The maximum atomic E-state index is 12.4. The van der Waals surface area contributed by atoms with Gasteiger partial charge < -0.3 is 15.1 Å². The number of carbonyl (C=O) groups excluding carboxylic acids is 3. The summed E-state index contributed by atoms with van der Waals surface area (Å²) in [5.41, 5.74) is 0.958. The molecule has 3 rings (SSSR count). The molecule has 8 nitrogen and oxygen atoms in total. The van der Waals surface area contributed by atoms with Crippen LogP contribution in [-0.2, 0) is 28.0 Å². The van der Waals surface area contributed by atoms with Crippen molar-refractivity contribution in [2.24, 2.45) is 13.0 Å². The molecule has 1 aromatic rings. The second-order valence-electron chi connectivity index (χ2n) is 7.15. The summed E-state index contributed by atoms with van der Waals surface area (Å²) in [6, 6.07) is 0. The highest BCUT2D eigenvalue weighted by molar-refractivity contribution is 5.83. The molecule has 1 N–H and O–H groups in total. The van der Waals surface area contributed by atoms with Crippen molar-refractivity contribution >= 4 is 17.7 Å². The lowest BCUT2D eigenvalue weighted by atomic mass is 9.96. The summed E-state index contributed by atoms with van der Waals surface area (Å²) in [7, 11) is 1.84. The van der Waals surface area contributed by atoms with Gasteiger partial charge in [0.1, 0.15) is 0 Å². The maximum Gasteiger partial charge on any atom is 0.225 e. The SMILES string of the molecule is Cn1cc(CNC(=O)[C@H]2CCC(=O)N(CCCN3CCCC3=O)C2)cn1.